The Balaban J connectivity index is 1.35. The van der Waals surface area contributed by atoms with Gasteiger partial charge < -0.3 is 23.7 Å². The first-order valence-electron chi connectivity index (χ1n) is 12.4. The number of rotatable bonds is 9. The van der Waals surface area contributed by atoms with Gasteiger partial charge in [0, 0.05) is 6.42 Å². The van der Waals surface area contributed by atoms with Gasteiger partial charge in [-0.25, -0.2) is 0 Å². The molecule has 3 aromatic carbocycles. The molecule has 35 heavy (non-hydrogen) atoms. The van der Waals surface area contributed by atoms with Crippen LogP contribution in [0.4, 0.5) is 0 Å². The van der Waals surface area contributed by atoms with Gasteiger partial charge in [-0.05, 0) is 30.5 Å². The predicted molar refractivity (Wildman–Crippen MR) is 133 cm³/mol. The van der Waals surface area contributed by atoms with Crippen molar-refractivity contribution in [3.05, 3.63) is 108 Å². The number of benzene rings is 3. The SMILES string of the molecule is CC1(C)O[C@H]2[C@@H](O1)[C@@H](OCc1ccccc1)C[C@@H](OCc1ccccc1)[C@@H]2OCc1ccccc1. The molecule has 184 valence electrons. The molecule has 5 heteroatoms. The van der Waals surface area contributed by atoms with Crippen molar-refractivity contribution in [2.75, 3.05) is 0 Å². The molecule has 1 heterocycles. The Morgan fingerprint density at radius 2 is 1.03 bits per heavy atom. The largest absolute Gasteiger partial charge is 0.371 e. The molecule has 1 saturated carbocycles. The van der Waals surface area contributed by atoms with Crippen LogP contribution in [0.3, 0.4) is 0 Å². The van der Waals surface area contributed by atoms with E-state index in [-0.39, 0.29) is 30.5 Å². The van der Waals surface area contributed by atoms with E-state index in [0.717, 1.165) is 16.7 Å². The van der Waals surface area contributed by atoms with Gasteiger partial charge in [0.2, 0.25) is 0 Å². The molecular formula is C30H34O5. The highest BCUT2D eigenvalue weighted by molar-refractivity contribution is 5.16. The van der Waals surface area contributed by atoms with Crippen LogP contribution in [0.2, 0.25) is 0 Å². The zero-order valence-corrected chi connectivity index (χ0v) is 20.4. The Hall–Kier alpha value is -2.54. The second-order valence-corrected chi connectivity index (χ2v) is 9.73. The topological polar surface area (TPSA) is 46.2 Å². The summed E-state index contributed by atoms with van der Waals surface area (Å²) in [5.74, 6) is -0.716. The molecule has 0 unspecified atom stereocenters. The van der Waals surface area contributed by atoms with Crippen LogP contribution in [0, 0.1) is 0 Å². The quantitative estimate of drug-likeness (QED) is 0.400. The molecule has 0 bridgehead atoms. The molecule has 0 aromatic heterocycles. The zero-order valence-electron chi connectivity index (χ0n) is 20.4. The van der Waals surface area contributed by atoms with Crippen molar-refractivity contribution in [3.8, 4) is 0 Å². The van der Waals surface area contributed by atoms with Gasteiger partial charge >= 0.3 is 0 Å². The van der Waals surface area contributed by atoms with E-state index >= 15 is 0 Å². The molecule has 5 nitrogen and oxygen atoms in total. The molecule has 0 N–H and O–H groups in total. The molecule has 1 aliphatic carbocycles. The normalized spacial score (nSPS) is 27.4. The first-order valence-corrected chi connectivity index (χ1v) is 12.4. The maximum absolute atomic E-state index is 6.50. The highest BCUT2D eigenvalue weighted by Gasteiger charge is 2.55. The highest BCUT2D eigenvalue weighted by Crippen LogP contribution is 2.41. The van der Waals surface area contributed by atoms with E-state index in [4.69, 9.17) is 23.7 Å². The van der Waals surface area contributed by atoms with Crippen molar-refractivity contribution in [1.82, 2.24) is 0 Å². The fraction of sp³-hybridized carbons (Fsp3) is 0.400. The van der Waals surface area contributed by atoms with E-state index in [1.165, 1.54) is 0 Å². The first kappa shape index (κ1) is 24.2. The Morgan fingerprint density at radius 1 is 0.600 bits per heavy atom. The standard InChI is InChI=1S/C30H34O5/c1-30(2)34-28-26(32-20-23-14-8-4-9-15-23)18-25(31-19-22-12-6-3-7-13-22)27(29(28)35-30)33-21-24-16-10-5-11-17-24/h3-17,25-29H,18-21H2,1-2H3/t25-,26+,27+,28+,29-/m1/s1. The van der Waals surface area contributed by atoms with Crippen LogP contribution in [0.25, 0.3) is 0 Å². The van der Waals surface area contributed by atoms with Crippen LogP contribution in [-0.2, 0) is 43.5 Å². The average Bonchev–Trinajstić information content (AvgIpc) is 3.22. The lowest BCUT2D eigenvalue weighted by atomic mass is 9.86. The molecule has 3 aromatic rings. The van der Waals surface area contributed by atoms with E-state index in [1.54, 1.807) is 0 Å². The van der Waals surface area contributed by atoms with E-state index in [9.17, 15) is 0 Å². The third-order valence-corrected chi connectivity index (χ3v) is 6.58. The molecule has 5 atom stereocenters. The summed E-state index contributed by atoms with van der Waals surface area (Å²) in [6.07, 6.45) is -0.491. The fourth-order valence-electron chi connectivity index (χ4n) is 4.92. The summed E-state index contributed by atoms with van der Waals surface area (Å²) in [6, 6.07) is 30.6. The van der Waals surface area contributed by atoms with Crippen LogP contribution in [0.5, 0.6) is 0 Å². The molecule has 5 rings (SSSR count). The average molecular weight is 475 g/mol. The minimum atomic E-state index is -0.716. The summed E-state index contributed by atoms with van der Waals surface area (Å²) in [7, 11) is 0. The second-order valence-electron chi connectivity index (χ2n) is 9.73. The van der Waals surface area contributed by atoms with Crippen LogP contribution in [-0.4, -0.2) is 36.3 Å². The van der Waals surface area contributed by atoms with Crippen molar-refractivity contribution in [1.29, 1.82) is 0 Å². The molecule has 0 radical (unpaired) electrons. The lowest BCUT2D eigenvalue weighted by Crippen LogP contribution is -2.56. The smallest absolute Gasteiger partial charge is 0.164 e. The van der Waals surface area contributed by atoms with Gasteiger partial charge in [-0.2, -0.15) is 0 Å². The van der Waals surface area contributed by atoms with E-state index in [1.807, 2.05) is 68.4 Å². The van der Waals surface area contributed by atoms with Crippen LogP contribution < -0.4 is 0 Å². The number of hydrogen-bond acceptors (Lipinski definition) is 5. The summed E-state index contributed by atoms with van der Waals surface area (Å²) in [5.41, 5.74) is 3.38. The second kappa shape index (κ2) is 11.0. The van der Waals surface area contributed by atoms with Gasteiger partial charge in [-0.1, -0.05) is 91.0 Å². The fourth-order valence-corrected chi connectivity index (χ4v) is 4.92. The lowest BCUT2D eigenvalue weighted by Gasteiger charge is -2.41. The first-order chi connectivity index (χ1) is 17.1. The third kappa shape index (κ3) is 6.18. The molecule has 1 saturated heterocycles. The van der Waals surface area contributed by atoms with Crippen molar-refractivity contribution in [2.24, 2.45) is 0 Å². The number of ether oxygens (including phenoxy) is 5. The monoisotopic (exact) mass is 474 g/mol. The van der Waals surface area contributed by atoms with Gasteiger partial charge in [0.05, 0.1) is 32.0 Å². The summed E-state index contributed by atoms with van der Waals surface area (Å²) >= 11 is 0. The summed E-state index contributed by atoms with van der Waals surface area (Å²) in [6.45, 7) is 5.41. The van der Waals surface area contributed by atoms with E-state index < -0.39 is 5.79 Å². The summed E-state index contributed by atoms with van der Waals surface area (Å²) in [5, 5.41) is 0. The molecule has 0 spiro atoms. The Morgan fingerprint density at radius 3 is 1.54 bits per heavy atom. The van der Waals surface area contributed by atoms with Crippen LogP contribution in [0.15, 0.2) is 91.0 Å². The molecule has 2 fully saturated rings. The van der Waals surface area contributed by atoms with E-state index in [0.29, 0.717) is 26.2 Å². The van der Waals surface area contributed by atoms with E-state index in [2.05, 4.69) is 36.4 Å². The Labute approximate surface area is 207 Å². The minimum Gasteiger partial charge on any atom is -0.371 e. The zero-order chi connectivity index (χ0) is 24.1. The van der Waals surface area contributed by atoms with Crippen LogP contribution in [0.1, 0.15) is 37.0 Å². The van der Waals surface area contributed by atoms with Gasteiger partial charge in [0.1, 0.15) is 18.3 Å². The summed E-state index contributed by atoms with van der Waals surface area (Å²) < 4.78 is 32.2. The lowest BCUT2D eigenvalue weighted by molar-refractivity contribution is -0.193. The van der Waals surface area contributed by atoms with Gasteiger partial charge in [-0.3, -0.25) is 0 Å². The van der Waals surface area contributed by atoms with Crippen molar-refractivity contribution in [2.45, 2.75) is 76.4 Å². The van der Waals surface area contributed by atoms with Crippen molar-refractivity contribution < 1.29 is 23.7 Å². The third-order valence-electron chi connectivity index (χ3n) is 6.58. The van der Waals surface area contributed by atoms with Crippen molar-refractivity contribution in [3.63, 3.8) is 0 Å². The summed E-state index contributed by atoms with van der Waals surface area (Å²) in [4.78, 5) is 0. The number of hydrogen-bond donors (Lipinski definition) is 0. The van der Waals surface area contributed by atoms with Gasteiger partial charge in [0.25, 0.3) is 0 Å². The molecule has 0 amide bonds. The Bertz CT molecular complexity index is 1040. The molecule has 1 aliphatic heterocycles. The molecule has 2 aliphatic rings. The molecular weight excluding hydrogens is 440 g/mol. The maximum atomic E-state index is 6.50. The predicted octanol–water partition coefficient (Wildman–Crippen LogP) is 5.67. The highest BCUT2D eigenvalue weighted by atomic mass is 16.8. The minimum absolute atomic E-state index is 0.167. The van der Waals surface area contributed by atoms with Crippen molar-refractivity contribution >= 4 is 0 Å². The Kier molecular flexibility index (Phi) is 7.61. The maximum Gasteiger partial charge on any atom is 0.164 e. The number of fused-ring (bicyclic) bond motifs is 1. The van der Waals surface area contributed by atoms with Crippen LogP contribution >= 0.6 is 0 Å². The van der Waals surface area contributed by atoms with Gasteiger partial charge in [0.15, 0.2) is 5.79 Å². The van der Waals surface area contributed by atoms with Gasteiger partial charge in [-0.15, -0.1) is 0 Å².